The first-order chi connectivity index (χ1) is 10.0. The molecular weight excluding hydrogens is 296 g/mol. The Labute approximate surface area is 125 Å². The van der Waals surface area contributed by atoms with Gasteiger partial charge in [-0.1, -0.05) is 23.7 Å². The molecule has 3 rings (SSSR count). The van der Waals surface area contributed by atoms with Crippen molar-refractivity contribution >= 4 is 28.6 Å². The molecule has 1 heterocycles. The van der Waals surface area contributed by atoms with Crippen molar-refractivity contribution < 1.29 is 8.78 Å². The van der Waals surface area contributed by atoms with Gasteiger partial charge >= 0.3 is 0 Å². The van der Waals surface area contributed by atoms with Crippen molar-refractivity contribution in [3.05, 3.63) is 58.6 Å². The lowest BCUT2D eigenvalue weighted by Gasteiger charge is -2.07. The third-order valence-electron chi connectivity index (χ3n) is 3.36. The van der Waals surface area contributed by atoms with E-state index in [2.05, 4.69) is 4.98 Å². The average molecular weight is 308 g/mol. The highest BCUT2D eigenvalue weighted by Gasteiger charge is 2.11. The van der Waals surface area contributed by atoms with Gasteiger partial charge in [-0.15, -0.1) is 0 Å². The summed E-state index contributed by atoms with van der Waals surface area (Å²) in [4.78, 5) is 4.12. The van der Waals surface area contributed by atoms with Crippen LogP contribution >= 0.6 is 11.6 Å². The number of nitrogen functional groups attached to an aromatic ring is 1. The van der Waals surface area contributed by atoms with E-state index in [1.54, 1.807) is 16.7 Å². The monoisotopic (exact) mass is 307 g/mol. The normalized spacial score (nSPS) is 11.2. The molecule has 0 saturated heterocycles. The summed E-state index contributed by atoms with van der Waals surface area (Å²) in [6, 6.07) is 9.05. The Kier molecular flexibility index (Phi) is 3.51. The van der Waals surface area contributed by atoms with Gasteiger partial charge in [-0.05, 0) is 30.2 Å². The molecule has 0 atom stereocenters. The molecule has 1 aromatic heterocycles. The predicted molar refractivity (Wildman–Crippen MR) is 79.2 cm³/mol. The first-order valence-corrected chi connectivity index (χ1v) is 6.77. The molecule has 21 heavy (non-hydrogen) atoms. The highest BCUT2D eigenvalue weighted by molar-refractivity contribution is 6.31. The third kappa shape index (κ3) is 2.69. The predicted octanol–water partition coefficient (Wildman–Crippen LogP) is 3.79. The SMILES string of the molecule is Nc1nc2cc(F)c(Cl)cc2n1CCc1ccc(F)cc1. The molecule has 0 aliphatic rings. The summed E-state index contributed by atoms with van der Waals surface area (Å²) in [7, 11) is 0. The van der Waals surface area contributed by atoms with Gasteiger partial charge in [0.15, 0.2) is 0 Å². The second-order valence-corrected chi connectivity index (χ2v) is 5.16. The molecule has 0 amide bonds. The Bertz CT molecular complexity index is 797. The van der Waals surface area contributed by atoms with Gasteiger partial charge in [-0.2, -0.15) is 0 Å². The van der Waals surface area contributed by atoms with Crippen LogP contribution < -0.4 is 5.73 Å². The van der Waals surface area contributed by atoms with Crippen LogP contribution in [0.4, 0.5) is 14.7 Å². The quantitative estimate of drug-likeness (QED) is 0.800. The maximum absolute atomic E-state index is 13.4. The molecule has 3 nitrogen and oxygen atoms in total. The summed E-state index contributed by atoms with van der Waals surface area (Å²) in [5, 5.41) is 0.0328. The van der Waals surface area contributed by atoms with E-state index in [1.807, 2.05) is 0 Å². The lowest BCUT2D eigenvalue weighted by Crippen LogP contribution is -2.05. The molecule has 108 valence electrons. The highest BCUT2D eigenvalue weighted by Crippen LogP contribution is 2.25. The molecule has 0 fully saturated rings. The van der Waals surface area contributed by atoms with Gasteiger partial charge in [0.2, 0.25) is 5.95 Å². The number of hydrogen-bond donors (Lipinski definition) is 1. The number of aryl methyl sites for hydroxylation is 2. The number of hydrogen-bond acceptors (Lipinski definition) is 2. The van der Waals surface area contributed by atoms with E-state index in [0.717, 1.165) is 5.56 Å². The van der Waals surface area contributed by atoms with Crippen molar-refractivity contribution in [2.75, 3.05) is 5.73 Å². The fraction of sp³-hybridized carbons (Fsp3) is 0.133. The maximum atomic E-state index is 13.4. The minimum Gasteiger partial charge on any atom is -0.369 e. The zero-order valence-electron chi connectivity index (χ0n) is 11.0. The van der Waals surface area contributed by atoms with Crippen LogP contribution in [-0.2, 0) is 13.0 Å². The van der Waals surface area contributed by atoms with Gasteiger partial charge in [0.1, 0.15) is 11.6 Å². The van der Waals surface area contributed by atoms with E-state index in [9.17, 15) is 8.78 Å². The topological polar surface area (TPSA) is 43.8 Å². The highest BCUT2D eigenvalue weighted by atomic mass is 35.5. The third-order valence-corrected chi connectivity index (χ3v) is 3.65. The fourth-order valence-corrected chi connectivity index (χ4v) is 2.42. The molecule has 0 bridgehead atoms. The average Bonchev–Trinajstić information content (AvgIpc) is 2.74. The van der Waals surface area contributed by atoms with E-state index in [-0.39, 0.29) is 10.8 Å². The zero-order valence-corrected chi connectivity index (χ0v) is 11.7. The van der Waals surface area contributed by atoms with Crippen molar-refractivity contribution in [3.63, 3.8) is 0 Å². The summed E-state index contributed by atoms with van der Waals surface area (Å²) in [6.45, 7) is 0.552. The molecule has 3 aromatic rings. The molecule has 0 aliphatic carbocycles. The summed E-state index contributed by atoms with van der Waals surface area (Å²) in [5.74, 6) is -0.491. The molecule has 0 spiro atoms. The molecule has 0 aliphatic heterocycles. The van der Waals surface area contributed by atoms with Crippen LogP contribution in [0.5, 0.6) is 0 Å². The lowest BCUT2D eigenvalue weighted by molar-refractivity contribution is 0.626. The number of nitrogens with two attached hydrogens (primary N) is 1. The Morgan fingerprint density at radius 1 is 1.14 bits per heavy atom. The summed E-state index contributed by atoms with van der Waals surface area (Å²) in [6.07, 6.45) is 0.658. The first-order valence-electron chi connectivity index (χ1n) is 6.40. The number of anilines is 1. The van der Waals surface area contributed by atoms with Crippen LogP contribution in [-0.4, -0.2) is 9.55 Å². The summed E-state index contributed by atoms with van der Waals surface area (Å²) < 4.78 is 28.1. The molecule has 0 unspecified atom stereocenters. The van der Waals surface area contributed by atoms with Crippen molar-refractivity contribution in [2.45, 2.75) is 13.0 Å². The lowest BCUT2D eigenvalue weighted by atomic mass is 10.1. The number of fused-ring (bicyclic) bond motifs is 1. The van der Waals surface area contributed by atoms with Gasteiger partial charge < -0.3 is 10.3 Å². The molecule has 2 N–H and O–H groups in total. The Morgan fingerprint density at radius 2 is 1.86 bits per heavy atom. The van der Waals surface area contributed by atoms with E-state index in [0.29, 0.717) is 29.9 Å². The second-order valence-electron chi connectivity index (χ2n) is 4.75. The number of imidazole rings is 1. The van der Waals surface area contributed by atoms with Crippen LogP contribution in [0.15, 0.2) is 36.4 Å². The van der Waals surface area contributed by atoms with Gasteiger partial charge in [-0.25, -0.2) is 13.8 Å². The fourth-order valence-electron chi connectivity index (χ4n) is 2.27. The number of halogens is 3. The van der Waals surface area contributed by atoms with Gasteiger partial charge in [-0.3, -0.25) is 0 Å². The van der Waals surface area contributed by atoms with Crippen molar-refractivity contribution in [3.8, 4) is 0 Å². The van der Waals surface area contributed by atoms with Crippen LogP contribution in [0.3, 0.4) is 0 Å². The summed E-state index contributed by atoms with van der Waals surface area (Å²) >= 11 is 5.80. The standard InChI is InChI=1S/C15H12ClF2N3/c16-11-7-14-13(8-12(11)18)20-15(19)21(14)6-5-9-1-3-10(17)4-2-9/h1-4,7-8H,5-6H2,(H2,19,20). The van der Waals surface area contributed by atoms with Gasteiger partial charge in [0.25, 0.3) is 0 Å². The summed E-state index contributed by atoms with van der Waals surface area (Å²) in [5.41, 5.74) is 7.99. The molecule has 0 saturated carbocycles. The molecule has 0 radical (unpaired) electrons. The maximum Gasteiger partial charge on any atom is 0.201 e. The molecule has 2 aromatic carbocycles. The van der Waals surface area contributed by atoms with E-state index < -0.39 is 5.82 Å². The largest absolute Gasteiger partial charge is 0.369 e. The zero-order chi connectivity index (χ0) is 15.0. The number of aromatic nitrogens is 2. The number of rotatable bonds is 3. The van der Waals surface area contributed by atoms with Crippen LogP contribution in [0.25, 0.3) is 11.0 Å². The molecular formula is C15H12ClF2N3. The van der Waals surface area contributed by atoms with Crippen LogP contribution in [0.1, 0.15) is 5.56 Å². The van der Waals surface area contributed by atoms with E-state index >= 15 is 0 Å². The van der Waals surface area contributed by atoms with Crippen molar-refractivity contribution in [2.24, 2.45) is 0 Å². The number of nitrogens with zero attached hydrogens (tertiary/aromatic N) is 2. The first kappa shape index (κ1) is 13.8. The smallest absolute Gasteiger partial charge is 0.201 e. The minimum absolute atomic E-state index is 0.0328. The molecule has 6 heteroatoms. The Hall–Kier alpha value is -2.14. The van der Waals surface area contributed by atoms with Gasteiger partial charge in [0.05, 0.1) is 16.1 Å². The Balaban J connectivity index is 1.91. The van der Waals surface area contributed by atoms with Crippen LogP contribution in [0, 0.1) is 11.6 Å². The second kappa shape index (κ2) is 5.33. The number of benzene rings is 2. The van der Waals surface area contributed by atoms with Gasteiger partial charge in [0, 0.05) is 12.6 Å². The van der Waals surface area contributed by atoms with E-state index in [4.69, 9.17) is 17.3 Å². The minimum atomic E-state index is -0.521. The van der Waals surface area contributed by atoms with E-state index in [1.165, 1.54) is 24.3 Å². The van der Waals surface area contributed by atoms with Crippen molar-refractivity contribution in [1.82, 2.24) is 9.55 Å². The van der Waals surface area contributed by atoms with Crippen LogP contribution in [0.2, 0.25) is 5.02 Å². The van der Waals surface area contributed by atoms with Crippen molar-refractivity contribution in [1.29, 1.82) is 0 Å². The Morgan fingerprint density at radius 3 is 2.57 bits per heavy atom.